The number of allylic oxidation sites excluding steroid dienone is 4. The number of rotatable bonds is 6. The second kappa shape index (κ2) is 11.7. The van der Waals surface area contributed by atoms with Gasteiger partial charge in [0.25, 0.3) is 0 Å². The van der Waals surface area contributed by atoms with Crippen LogP contribution in [0.2, 0.25) is 0 Å². The van der Waals surface area contributed by atoms with Crippen molar-refractivity contribution in [2.45, 2.75) is 33.1 Å². The third kappa shape index (κ3) is 7.42. The summed E-state index contributed by atoms with van der Waals surface area (Å²) >= 11 is 0. The Balaban J connectivity index is 0.000000487. The van der Waals surface area contributed by atoms with Crippen LogP contribution < -0.4 is 0 Å². The van der Waals surface area contributed by atoms with Crippen molar-refractivity contribution >= 4 is 17.8 Å². The molecule has 1 fully saturated rings. The number of carbonyl (C=O) groups is 3. The second-order valence-electron chi connectivity index (χ2n) is 5.49. The number of Topliss-reactive ketones (excluding diaryl/α,β-unsaturated/α-hetero) is 1. The molecule has 1 saturated heterocycles. The molecular weight excluding hydrogens is 337 g/mol. The van der Waals surface area contributed by atoms with Crippen molar-refractivity contribution in [3.05, 3.63) is 60.0 Å². The van der Waals surface area contributed by atoms with Crippen molar-refractivity contribution in [1.29, 1.82) is 0 Å². The maximum absolute atomic E-state index is 12.7. The fourth-order valence-electron chi connectivity index (χ4n) is 2.16. The van der Waals surface area contributed by atoms with Gasteiger partial charge in [-0.05, 0) is 44.5 Å². The van der Waals surface area contributed by atoms with Gasteiger partial charge in [-0.3, -0.25) is 9.59 Å². The van der Waals surface area contributed by atoms with Crippen molar-refractivity contribution in [2.75, 3.05) is 13.2 Å². The van der Waals surface area contributed by atoms with Gasteiger partial charge in [0.1, 0.15) is 12.4 Å². The number of benzene rings is 1. The Labute approximate surface area is 153 Å². The zero-order valence-electron chi connectivity index (χ0n) is 15.1. The SMILES string of the molecule is C/C=C\C=C/C.O=C(CCCC(=O)N1CCOC1=O)c1ccc(F)cc1. The molecule has 1 aromatic carbocycles. The van der Waals surface area contributed by atoms with Crippen LogP contribution >= 0.6 is 0 Å². The van der Waals surface area contributed by atoms with Gasteiger partial charge >= 0.3 is 6.09 Å². The van der Waals surface area contributed by atoms with E-state index < -0.39 is 11.9 Å². The number of hydrogen-bond donors (Lipinski definition) is 0. The standard InChI is InChI=1S/C14H14FNO4.C6H10/c15-11-6-4-10(5-7-11)12(17)2-1-3-13(18)16-8-9-20-14(16)19;1-3-5-6-4-2/h4-7H,1-3,8-9H2;3-6H,1-2H3/b;5-3-,6-4-. The van der Waals surface area contributed by atoms with Crippen LogP contribution in [0.1, 0.15) is 43.5 Å². The van der Waals surface area contributed by atoms with Crippen LogP contribution in [-0.4, -0.2) is 35.8 Å². The lowest BCUT2D eigenvalue weighted by atomic mass is 10.1. The van der Waals surface area contributed by atoms with Gasteiger partial charge in [-0.25, -0.2) is 14.1 Å². The van der Waals surface area contributed by atoms with Gasteiger partial charge in [-0.1, -0.05) is 24.3 Å². The summed E-state index contributed by atoms with van der Waals surface area (Å²) < 4.78 is 17.4. The molecule has 0 spiro atoms. The molecular formula is C20H24FNO4. The fourth-order valence-corrected chi connectivity index (χ4v) is 2.16. The van der Waals surface area contributed by atoms with E-state index in [1.807, 2.05) is 38.2 Å². The molecule has 2 rings (SSSR count). The molecule has 140 valence electrons. The zero-order chi connectivity index (χ0) is 19.4. The summed E-state index contributed by atoms with van der Waals surface area (Å²) in [7, 11) is 0. The average molecular weight is 361 g/mol. The Bertz CT molecular complexity index is 655. The number of ether oxygens (including phenoxy) is 1. The molecule has 0 N–H and O–H groups in total. The van der Waals surface area contributed by atoms with Gasteiger partial charge in [0, 0.05) is 18.4 Å². The number of hydrogen-bond acceptors (Lipinski definition) is 4. The molecule has 0 atom stereocenters. The highest BCUT2D eigenvalue weighted by Crippen LogP contribution is 2.11. The van der Waals surface area contributed by atoms with E-state index in [2.05, 4.69) is 4.74 Å². The van der Waals surface area contributed by atoms with Crippen molar-refractivity contribution in [2.24, 2.45) is 0 Å². The summed E-state index contributed by atoms with van der Waals surface area (Å²) in [5, 5.41) is 0. The van der Waals surface area contributed by atoms with Crippen LogP contribution in [0.3, 0.4) is 0 Å². The predicted octanol–water partition coefficient (Wildman–Crippen LogP) is 4.30. The van der Waals surface area contributed by atoms with E-state index in [4.69, 9.17) is 0 Å². The maximum Gasteiger partial charge on any atom is 0.416 e. The quantitative estimate of drug-likeness (QED) is 0.560. The Kier molecular flexibility index (Phi) is 9.61. The van der Waals surface area contributed by atoms with Crippen LogP contribution in [0.25, 0.3) is 0 Å². The Morgan fingerprint density at radius 1 is 1.12 bits per heavy atom. The van der Waals surface area contributed by atoms with E-state index in [0.29, 0.717) is 12.0 Å². The molecule has 0 unspecified atom stereocenters. The molecule has 1 heterocycles. The Morgan fingerprint density at radius 3 is 2.23 bits per heavy atom. The van der Waals surface area contributed by atoms with E-state index in [1.54, 1.807) is 0 Å². The monoisotopic (exact) mass is 361 g/mol. The van der Waals surface area contributed by atoms with Crippen molar-refractivity contribution in [3.63, 3.8) is 0 Å². The first kappa shape index (κ1) is 21.3. The molecule has 0 bridgehead atoms. The topological polar surface area (TPSA) is 63.7 Å². The minimum absolute atomic E-state index is 0.113. The molecule has 5 nitrogen and oxygen atoms in total. The summed E-state index contributed by atoms with van der Waals surface area (Å²) in [6, 6.07) is 5.27. The third-order valence-corrected chi connectivity index (χ3v) is 3.52. The van der Waals surface area contributed by atoms with Gasteiger partial charge < -0.3 is 4.74 Å². The van der Waals surface area contributed by atoms with Crippen molar-refractivity contribution in [1.82, 2.24) is 4.90 Å². The van der Waals surface area contributed by atoms with E-state index in [9.17, 15) is 18.8 Å². The minimum atomic E-state index is -0.625. The highest BCUT2D eigenvalue weighted by atomic mass is 19.1. The summed E-state index contributed by atoms with van der Waals surface area (Å²) in [5.74, 6) is -0.884. The number of carbonyl (C=O) groups excluding carboxylic acids is 3. The first-order chi connectivity index (χ1) is 12.5. The van der Waals surface area contributed by atoms with Crippen LogP contribution in [0.5, 0.6) is 0 Å². The molecule has 1 aliphatic heterocycles. The van der Waals surface area contributed by atoms with E-state index in [-0.39, 0.29) is 37.7 Å². The van der Waals surface area contributed by atoms with Crippen molar-refractivity contribution < 1.29 is 23.5 Å². The largest absolute Gasteiger partial charge is 0.447 e. The Hall–Kier alpha value is -2.76. The van der Waals surface area contributed by atoms with Gasteiger partial charge in [0.2, 0.25) is 5.91 Å². The molecule has 1 aromatic rings. The molecule has 0 radical (unpaired) electrons. The molecule has 2 amide bonds. The predicted molar refractivity (Wildman–Crippen MR) is 97.3 cm³/mol. The Morgan fingerprint density at radius 2 is 1.73 bits per heavy atom. The molecule has 6 heteroatoms. The van der Waals surface area contributed by atoms with Crippen LogP contribution in [0, 0.1) is 5.82 Å². The third-order valence-electron chi connectivity index (χ3n) is 3.52. The molecule has 0 aliphatic carbocycles. The van der Waals surface area contributed by atoms with Gasteiger partial charge in [0.05, 0.1) is 6.54 Å². The summed E-state index contributed by atoms with van der Waals surface area (Å²) in [6.07, 6.45) is 8.01. The highest BCUT2D eigenvalue weighted by molar-refractivity contribution is 5.96. The second-order valence-corrected chi connectivity index (χ2v) is 5.49. The fraction of sp³-hybridized carbons (Fsp3) is 0.350. The zero-order valence-corrected chi connectivity index (χ0v) is 15.1. The number of amides is 2. The van der Waals surface area contributed by atoms with Gasteiger partial charge in [-0.15, -0.1) is 0 Å². The lowest BCUT2D eigenvalue weighted by molar-refractivity contribution is -0.127. The number of halogens is 1. The normalized spacial score (nSPS) is 13.7. The maximum atomic E-state index is 12.7. The first-order valence-corrected chi connectivity index (χ1v) is 8.49. The van der Waals surface area contributed by atoms with Crippen LogP contribution in [0.15, 0.2) is 48.6 Å². The minimum Gasteiger partial charge on any atom is -0.447 e. The number of ketones is 1. The number of imide groups is 1. The van der Waals surface area contributed by atoms with Crippen molar-refractivity contribution in [3.8, 4) is 0 Å². The van der Waals surface area contributed by atoms with E-state index >= 15 is 0 Å². The number of nitrogens with zero attached hydrogens (tertiary/aromatic N) is 1. The summed E-state index contributed by atoms with van der Waals surface area (Å²) in [5.41, 5.74) is 0.416. The van der Waals surface area contributed by atoms with Crippen LogP contribution in [0.4, 0.5) is 9.18 Å². The highest BCUT2D eigenvalue weighted by Gasteiger charge is 2.27. The molecule has 0 saturated carbocycles. The summed E-state index contributed by atoms with van der Waals surface area (Å²) in [4.78, 5) is 35.7. The van der Waals surface area contributed by atoms with E-state index in [1.165, 1.54) is 24.3 Å². The van der Waals surface area contributed by atoms with Crippen LogP contribution in [-0.2, 0) is 9.53 Å². The average Bonchev–Trinajstić information content (AvgIpc) is 3.07. The lowest BCUT2D eigenvalue weighted by Crippen LogP contribution is -2.31. The smallest absolute Gasteiger partial charge is 0.416 e. The lowest BCUT2D eigenvalue weighted by Gasteiger charge is -2.09. The first-order valence-electron chi connectivity index (χ1n) is 8.49. The summed E-state index contributed by atoms with van der Waals surface area (Å²) in [6.45, 7) is 4.49. The van der Waals surface area contributed by atoms with E-state index in [0.717, 1.165) is 4.90 Å². The number of cyclic esters (lactones) is 1. The van der Waals surface area contributed by atoms with Gasteiger partial charge in [0.15, 0.2) is 5.78 Å². The molecule has 26 heavy (non-hydrogen) atoms. The van der Waals surface area contributed by atoms with Gasteiger partial charge in [-0.2, -0.15) is 0 Å². The molecule has 1 aliphatic rings. The molecule has 0 aromatic heterocycles.